The Kier molecular flexibility index (Phi) is 7.49. The highest BCUT2D eigenvalue weighted by Gasteiger charge is 2.36. The topological polar surface area (TPSA) is 148 Å². The predicted molar refractivity (Wildman–Crippen MR) is 159 cm³/mol. The van der Waals surface area contributed by atoms with Crippen molar-refractivity contribution in [2.45, 2.75) is 45.3 Å². The van der Waals surface area contributed by atoms with Crippen LogP contribution >= 0.6 is 0 Å². The van der Waals surface area contributed by atoms with Gasteiger partial charge in [0.2, 0.25) is 5.82 Å². The molecule has 14 heteroatoms. The number of hydrogen-bond acceptors (Lipinski definition) is 9. The van der Waals surface area contributed by atoms with Crippen molar-refractivity contribution in [3.05, 3.63) is 66.2 Å². The highest BCUT2D eigenvalue weighted by molar-refractivity contribution is 6.10. The van der Waals surface area contributed by atoms with Gasteiger partial charge in [0.15, 0.2) is 0 Å². The van der Waals surface area contributed by atoms with Crippen LogP contribution in [0.25, 0.3) is 33.4 Å². The number of hydrogen-bond donors (Lipinski definition) is 1. The van der Waals surface area contributed by atoms with Gasteiger partial charge in [0.25, 0.3) is 5.91 Å². The number of ether oxygens (including phenoxy) is 1. The number of pyridine rings is 1. The van der Waals surface area contributed by atoms with E-state index in [-0.39, 0.29) is 12.1 Å². The SMILES string of the molecule is Cn1cc(-c2ccc(C(=O)N(c3nccc4cc(-c5nn[nH]n5)ccc34)[C@@H]3CCCN(C(=O)OC(C)(C)C)C3)c(F)c2)nn1. The molecule has 0 unspecified atom stereocenters. The maximum atomic E-state index is 15.7. The van der Waals surface area contributed by atoms with E-state index in [4.69, 9.17) is 4.74 Å². The molecule has 1 aliphatic heterocycles. The monoisotopic (exact) mass is 598 g/mol. The number of likely N-dealkylation sites (tertiary alicyclic amines) is 1. The second kappa shape index (κ2) is 11.4. The first kappa shape index (κ1) is 28.8. The predicted octanol–water partition coefficient (Wildman–Crippen LogP) is 4.40. The molecule has 0 saturated carbocycles. The van der Waals surface area contributed by atoms with E-state index in [1.54, 1.807) is 51.2 Å². The van der Waals surface area contributed by atoms with Crippen molar-refractivity contribution in [3.63, 3.8) is 0 Å². The molecule has 1 N–H and O–H groups in total. The lowest BCUT2D eigenvalue weighted by Gasteiger charge is -2.39. The number of amides is 2. The summed E-state index contributed by atoms with van der Waals surface area (Å²) in [6.45, 7) is 6.08. The van der Waals surface area contributed by atoms with E-state index in [0.29, 0.717) is 47.7 Å². The van der Waals surface area contributed by atoms with Gasteiger partial charge in [-0.05, 0) is 74.5 Å². The van der Waals surface area contributed by atoms with E-state index < -0.39 is 29.5 Å². The van der Waals surface area contributed by atoms with Crippen molar-refractivity contribution >= 4 is 28.6 Å². The molecule has 2 aromatic carbocycles. The van der Waals surface area contributed by atoms with Gasteiger partial charge in [0, 0.05) is 42.8 Å². The summed E-state index contributed by atoms with van der Waals surface area (Å²) in [5.41, 5.74) is 0.886. The Balaban J connectivity index is 1.41. The largest absolute Gasteiger partial charge is 0.444 e. The molecule has 1 saturated heterocycles. The average Bonchev–Trinajstić information content (AvgIpc) is 3.69. The molecule has 5 aromatic rings. The fraction of sp³-hybridized carbons (Fsp3) is 0.333. The van der Waals surface area contributed by atoms with Gasteiger partial charge in [0.05, 0.1) is 17.8 Å². The summed E-state index contributed by atoms with van der Waals surface area (Å²) >= 11 is 0. The molecule has 3 aromatic heterocycles. The number of nitrogens with zero attached hydrogens (tertiary/aromatic N) is 9. The van der Waals surface area contributed by atoms with Gasteiger partial charge < -0.3 is 9.64 Å². The summed E-state index contributed by atoms with van der Waals surface area (Å²) in [4.78, 5) is 35.1. The highest BCUT2D eigenvalue weighted by atomic mass is 19.1. The van der Waals surface area contributed by atoms with Crippen molar-refractivity contribution in [2.24, 2.45) is 7.05 Å². The van der Waals surface area contributed by atoms with Crippen LogP contribution in [0.4, 0.5) is 15.0 Å². The quantitative estimate of drug-likeness (QED) is 0.311. The molecule has 4 heterocycles. The number of benzene rings is 2. The Morgan fingerprint density at radius 3 is 2.61 bits per heavy atom. The van der Waals surface area contributed by atoms with Crippen LogP contribution in [0.1, 0.15) is 44.0 Å². The number of rotatable bonds is 5. The van der Waals surface area contributed by atoms with E-state index in [2.05, 4.69) is 35.9 Å². The van der Waals surface area contributed by atoms with Crippen LogP contribution in [-0.2, 0) is 11.8 Å². The molecule has 1 atom stereocenters. The third-order valence-corrected chi connectivity index (χ3v) is 7.31. The summed E-state index contributed by atoms with van der Waals surface area (Å²) in [6.07, 6.45) is 3.99. The lowest BCUT2D eigenvalue weighted by Crippen LogP contribution is -2.53. The molecular weight excluding hydrogens is 567 g/mol. The van der Waals surface area contributed by atoms with Crippen LogP contribution in [0.5, 0.6) is 0 Å². The normalized spacial score (nSPS) is 15.4. The van der Waals surface area contributed by atoms with Crippen LogP contribution in [0, 0.1) is 5.82 Å². The smallest absolute Gasteiger partial charge is 0.410 e. The molecule has 226 valence electrons. The van der Waals surface area contributed by atoms with Crippen LogP contribution in [0.15, 0.2) is 54.9 Å². The third-order valence-electron chi connectivity index (χ3n) is 7.31. The Morgan fingerprint density at radius 1 is 1.09 bits per heavy atom. The Morgan fingerprint density at radius 2 is 1.91 bits per heavy atom. The first-order valence-corrected chi connectivity index (χ1v) is 14.2. The molecule has 0 bridgehead atoms. The van der Waals surface area contributed by atoms with E-state index in [0.717, 1.165) is 10.9 Å². The number of anilines is 1. The molecule has 44 heavy (non-hydrogen) atoms. The molecule has 1 fully saturated rings. The van der Waals surface area contributed by atoms with Crippen molar-refractivity contribution in [1.82, 2.24) is 45.5 Å². The number of aromatic nitrogens is 8. The minimum Gasteiger partial charge on any atom is -0.444 e. The van der Waals surface area contributed by atoms with E-state index in [9.17, 15) is 9.59 Å². The zero-order valence-electron chi connectivity index (χ0n) is 24.7. The molecule has 2 amide bonds. The number of piperidine rings is 1. The van der Waals surface area contributed by atoms with Crippen LogP contribution < -0.4 is 4.90 Å². The Bertz CT molecular complexity index is 1830. The zero-order valence-corrected chi connectivity index (χ0v) is 24.7. The van der Waals surface area contributed by atoms with Gasteiger partial charge in [-0.25, -0.2) is 14.2 Å². The summed E-state index contributed by atoms with van der Waals surface area (Å²) in [5.74, 6) is -0.515. The molecule has 13 nitrogen and oxygen atoms in total. The average molecular weight is 599 g/mol. The van der Waals surface area contributed by atoms with Gasteiger partial charge in [-0.15, -0.1) is 15.3 Å². The number of halogens is 1. The maximum absolute atomic E-state index is 15.7. The van der Waals surface area contributed by atoms with Crippen molar-refractivity contribution in [2.75, 3.05) is 18.0 Å². The summed E-state index contributed by atoms with van der Waals surface area (Å²) in [5, 5.41) is 23.6. The number of carbonyl (C=O) groups is 2. The standard InChI is InChI=1S/C30H31FN10O3/c1-30(2,3)44-29(43)40-13-5-6-21(16-40)41(28(42)23-10-7-19(15-24(23)31)25-17-39(4)38-33-25)27-22-9-8-20(26-34-36-37-35-26)14-18(22)11-12-32-27/h7-12,14-15,17,21H,5-6,13,16H2,1-4H3,(H,34,35,36,37)/t21-/m1/s1. The van der Waals surface area contributed by atoms with E-state index in [1.807, 2.05) is 24.3 Å². The molecule has 1 aliphatic rings. The van der Waals surface area contributed by atoms with Crippen LogP contribution in [0.3, 0.4) is 0 Å². The van der Waals surface area contributed by atoms with Gasteiger partial charge in [-0.1, -0.05) is 17.3 Å². The summed E-state index contributed by atoms with van der Waals surface area (Å²) in [7, 11) is 1.72. The van der Waals surface area contributed by atoms with Gasteiger partial charge in [-0.3, -0.25) is 14.4 Å². The number of tetrazole rings is 1. The fourth-order valence-electron chi connectivity index (χ4n) is 5.33. The summed E-state index contributed by atoms with van der Waals surface area (Å²) < 4.78 is 22.9. The minimum atomic E-state index is -0.706. The number of nitrogens with one attached hydrogen (secondary N) is 1. The van der Waals surface area contributed by atoms with Crippen molar-refractivity contribution < 1.29 is 18.7 Å². The molecule has 6 rings (SSSR count). The summed E-state index contributed by atoms with van der Waals surface area (Å²) in [6, 6.07) is 11.2. The number of aromatic amines is 1. The third kappa shape index (κ3) is 5.82. The number of aryl methyl sites for hydroxylation is 1. The molecule has 0 spiro atoms. The van der Waals surface area contributed by atoms with Gasteiger partial charge >= 0.3 is 6.09 Å². The first-order chi connectivity index (χ1) is 21.1. The number of fused-ring (bicyclic) bond motifs is 1. The Hall–Kier alpha value is -5.27. The molecular formula is C30H31FN10O3. The lowest BCUT2D eigenvalue weighted by molar-refractivity contribution is 0.0196. The highest BCUT2D eigenvalue weighted by Crippen LogP contribution is 2.33. The van der Waals surface area contributed by atoms with Gasteiger partial charge in [0.1, 0.15) is 22.9 Å². The Labute approximate surface area is 252 Å². The van der Waals surface area contributed by atoms with Crippen LogP contribution in [-0.4, -0.2) is 82.2 Å². The molecule has 0 radical (unpaired) electrons. The fourth-order valence-corrected chi connectivity index (χ4v) is 5.33. The van der Waals surface area contributed by atoms with E-state index in [1.165, 1.54) is 21.7 Å². The zero-order chi connectivity index (χ0) is 31.0. The minimum absolute atomic E-state index is 0.130. The maximum Gasteiger partial charge on any atom is 0.410 e. The van der Waals surface area contributed by atoms with Gasteiger partial charge in [-0.2, -0.15) is 5.21 Å². The lowest BCUT2D eigenvalue weighted by atomic mass is 10.0. The van der Waals surface area contributed by atoms with Crippen LogP contribution in [0.2, 0.25) is 0 Å². The molecule has 0 aliphatic carbocycles. The van der Waals surface area contributed by atoms with Crippen molar-refractivity contribution in [1.29, 1.82) is 0 Å². The van der Waals surface area contributed by atoms with E-state index >= 15 is 4.39 Å². The first-order valence-electron chi connectivity index (χ1n) is 14.2. The number of carbonyl (C=O) groups excluding carboxylic acids is 2. The second-order valence-electron chi connectivity index (χ2n) is 11.7. The van der Waals surface area contributed by atoms with Crippen molar-refractivity contribution in [3.8, 4) is 22.6 Å². The number of H-pyrrole nitrogens is 1. The second-order valence-corrected chi connectivity index (χ2v) is 11.7.